The Hall–Kier alpha value is 0.0449. The fourth-order valence-electron chi connectivity index (χ4n) is 0.156. The summed E-state index contributed by atoms with van der Waals surface area (Å²) in [7, 11) is 0.0734. The van der Waals surface area contributed by atoms with E-state index >= 15 is 0 Å². The van der Waals surface area contributed by atoms with E-state index in [1.807, 2.05) is 0 Å². The number of nitrogens with one attached hydrogen (secondary N) is 1. The van der Waals surface area contributed by atoms with E-state index in [4.69, 9.17) is 1.34 Å². The third-order valence-electron chi connectivity index (χ3n) is 0.623. The number of carbonyl (C=O) groups excluding carboxylic acids is 1. The second-order valence-corrected chi connectivity index (χ2v) is 1.49. The minimum Gasteiger partial charge on any atom is -0.353 e. The molecule has 0 radical (unpaired) electrons. The number of aldehydes is 1. The van der Waals surface area contributed by atoms with Gasteiger partial charge in [-0.25, -0.2) is 0 Å². The Morgan fingerprint density at radius 2 is 3.00 bits per heavy atom. The molecule has 40 valence electrons. The summed E-state index contributed by atoms with van der Waals surface area (Å²) in [5.74, 6) is 0.461. The van der Waals surface area contributed by atoms with Gasteiger partial charge in [-0.3, -0.25) is 0 Å². The molecule has 4 heteroatoms. The van der Waals surface area contributed by atoms with Gasteiger partial charge in [-0.2, -0.15) is 12.6 Å². The lowest BCUT2D eigenvalue weighted by Crippen LogP contribution is -2.29. The predicted octanol–water partition coefficient (Wildman–Crippen LogP) is -1.38. The van der Waals surface area contributed by atoms with Gasteiger partial charge in [-0.15, -0.1) is 0 Å². The first-order valence-electron chi connectivity index (χ1n) is 2.64. The smallest absolute Gasteiger partial charge is 0.182 e. The van der Waals surface area contributed by atoms with Crippen molar-refractivity contribution in [2.75, 3.05) is 5.75 Å². The monoisotopic (exact) mass is 119 g/mol. The highest BCUT2D eigenvalue weighted by Crippen LogP contribution is 1.77. The highest BCUT2D eigenvalue weighted by molar-refractivity contribution is 7.80. The summed E-state index contributed by atoms with van der Waals surface area (Å²) < 4.78 is 6.64. The normalized spacial score (nSPS) is 14.7. The standard InChI is InChI=1S/C3H8BNOS/c4-5-3(1-6)2-7/h1,3,5,7H,2,4H2/t3-/m1/s1/i4T. The number of rotatable bonds is 4. The quantitative estimate of drug-likeness (QED) is 0.271. The zero-order chi connectivity index (χ0) is 6.41. The number of hydrogen-bond donors (Lipinski definition) is 2. The van der Waals surface area contributed by atoms with Crippen LogP contribution in [0.2, 0.25) is 0 Å². The van der Waals surface area contributed by atoms with Crippen LogP contribution in [0.25, 0.3) is 0 Å². The van der Waals surface area contributed by atoms with Gasteiger partial charge in [0, 0.05) is 5.75 Å². The fraction of sp³-hybridized carbons (Fsp3) is 0.667. The van der Waals surface area contributed by atoms with Crippen molar-refractivity contribution in [3.05, 3.63) is 0 Å². The van der Waals surface area contributed by atoms with Gasteiger partial charge >= 0.3 is 0 Å². The highest BCUT2D eigenvalue weighted by Gasteiger charge is 1.95. The van der Waals surface area contributed by atoms with Crippen molar-refractivity contribution in [2.24, 2.45) is 0 Å². The van der Waals surface area contributed by atoms with Crippen LogP contribution in [0.4, 0.5) is 0 Å². The van der Waals surface area contributed by atoms with Gasteiger partial charge in [0.05, 0.1) is 6.04 Å². The second kappa shape index (κ2) is 4.21. The van der Waals surface area contributed by atoms with E-state index in [1.54, 1.807) is 0 Å². The lowest BCUT2D eigenvalue weighted by atomic mass is 10.3. The Bertz CT molecular complexity index is 74.3. The van der Waals surface area contributed by atoms with Gasteiger partial charge in [-0.05, 0) is 1.34 Å². The average molecular weight is 119 g/mol. The SMILES string of the molecule is [3H]BN[C@H](C=O)CS. The molecule has 0 aromatic heterocycles. The summed E-state index contributed by atoms with van der Waals surface area (Å²) in [6, 6.07) is -0.254. The van der Waals surface area contributed by atoms with E-state index in [-0.39, 0.29) is 14.0 Å². The van der Waals surface area contributed by atoms with Gasteiger partial charge < -0.3 is 10.0 Å². The van der Waals surface area contributed by atoms with E-state index < -0.39 is 0 Å². The summed E-state index contributed by atoms with van der Waals surface area (Å²) in [4.78, 5) is 9.93. The molecule has 0 fully saturated rings. The molecule has 0 aromatic carbocycles. The molecule has 7 heavy (non-hydrogen) atoms. The summed E-state index contributed by atoms with van der Waals surface area (Å²) >= 11 is 3.85. The topological polar surface area (TPSA) is 29.1 Å². The molecule has 1 N–H and O–H groups in total. The number of hydrogen-bond acceptors (Lipinski definition) is 3. The maximum absolute atomic E-state index is 9.93. The minimum absolute atomic E-state index is 0.0734. The molecule has 0 amide bonds. The molecule has 0 aliphatic carbocycles. The van der Waals surface area contributed by atoms with E-state index in [0.717, 1.165) is 6.29 Å². The number of carbonyl (C=O) groups is 1. The predicted molar refractivity (Wildman–Crippen MR) is 35.4 cm³/mol. The van der Waals surface area contributed by atoms with E-state index in [0.29, 0.717) is 5.75 Å². The molecule has 0 saturated heterocycles. The third-order valence-corrected chi connectivity index (χ3v) is 1.02. The maximum Gasteiger partial charge on any atom is 0.182 e. The first kappa shape index (κ1) is 5.19. The van der Waals surface area contributed by atoms with Crippen LogP contribution in [0.15, 0.2) is 0 Å². The molecule has 0 aliphatic heterocycles. The molecule has 0 aliphatic rings. The van der Waals surface area contributed by atoms with Crippen molar-refractivity contribution < 1.29 is 4.79 Å². The first-order valence-corrected chi connectivity index (χ1v) is 2.57. The molecule has 0 spiro atoms. The first-order chi connectivity index (χ1) is 3.85. The summed E-state index contributed by atoms with van der Waals surface area (Å²) in [5.41, 5.74) is 0. The van der Waals surface area contributed by atoms with Crippen LogP contribution in [-0.4, -0.2) is 27.4 Å². The van der Waals surface area contributed by atoms with Gasteiger partial charge in [0.2, 0.25) is 0 Å². The minimum atomic E-state index is -0.254. The van der Waals surface area contributed by atoms with Gasteiger partial charge in [0.25, 0.3) is 0 Å². The largest absolute Gasteiger partial charge is 0.353 e. The van der Waals surface area contributed by atoms with Crippen LogP contribution in [0.1, 0.15) is 0 Å². The molecule has 0 rings (SSSR count). The van der Waals surface area contributed by atoms with Crippen molar-refractivity contribution in [3.8, 4) is 0 Å². The number of thiol groups is 1. The Morgan fingerprint density at radius 3 is 3.14 bits per heavy atom. The van der Waals surface area contributed by atoms with Crippen LogP contribution in [0.5, 0.6) is 0 Å². The van der Waals surface area contributed by atoms with Crippen molar-refractivity contribution in [3.63, 3.8) is 0 Å². The molecular formula is C3H8BNOS. The molecule has 0 saturated carbocycles. The van der Waals surface area contributed by atoms with E-state index in [1.165, 1.54) is 0 Å². The van der Waals surface area contributed by atoms with Crippen molar-refractivity contribution >= 4 is 26.9 Å². The molecule has 2 nitrogen and oxygen atoms in total. The molecule has 0 aromatic rings. The van der Waals surface area contributed by atoms with Crippen LogP contribution in [0.3, 0.4) is 0 Å². The van der Waals surface area contributed by atoms with Crippen LogP contribution >= 0.6 is 12.6 Å². The summed E-state index contributed by atoms with van der Waals surface area (Å²) in [6.45, 7) is 0. The Kier molecular flexibility index (Phi) is 3.12. The Balaban J connectivity index is 3.21. The zero-order valence-electron chi connectivity index (χ0n) is 4.92. The molecule has 0 heterocycles. The van der Waals surface area contributed by atoms with E-state index in [2.05, 4.69) is 17.9 Å². The van der Waals surface area contributed by atoms with Gasteiger partial charge in [-0.1, -0.05) is 0 Å². The summed E-state index contributed by atoms with van der Waals surface area (Å²) in [5, 5.41) is 2.60. The van der Waals surface area contributed by atoms with Crippen molar-refractivity contribution in [1.29, 1.82) is 1.34 Å². The highest BCUT2D eigenvalue weighted by atomic mass is 32.1. The third kappa shape index (κ3) is 2.71. The van der Waals surface area contributed by atoms with E-state index in [9.17, 15) is 4.79 Å². The Labute approximate surface area is 50.9 Å². The van der Waals surface area contributed by atoms with Crippen LogP contribution < -0.4 is 5.23 Å². The van der Waals surface area contributed by atoms with Gasteiger partial charge in [0.1, 0.15) is 6.29 Å². The van der Waals surface area contributed by atoms with Crippen LogP contribution in [0, 0.1) is 0 Å². The molecule has 0 bridgehead atoms. The summed E-state index contributed by atoms with van der Waals surface area (Å²) in [6.07, 6.45) is 0.752. The van der Waals surface area contributed by atoms with Crippen molar-refractivity contribution in [1.82, 2.24) is 5.23 Å². The fourth-order valence-corrected chi connectivity index (χ4v) is 0.371. The zero-order valence-corrected chi connectivity index (χ0v) is 4.82. The molecular weight excluding hydrogens is 109 g/mol. The van der Waals surface area contributed by atoms with Crippen LogP contribution in [-0.2, 0) is 4.79 Å². The van der Waals surface area contributed by atoms with Crippen molar-refractivity contribution in [2.45, 2.75) is 6.04 Å². The molecule has 1 atom stereocenters. The lowest BCUT2D eigenvalue weighted by Gasteiger charge is -2.00. The Morgan fingerprint density at radius 1 is 2.29 bits per heavy atom. The second-order valence-electron chi connectivity index (χ2n) is 1.13. The van der Waals surface area contributed by atoms with Gasteiger partial charge in [0.15, 0.2) is 7.94 Å². The molecule has 0 unspecified atom stereocenters. The lowest BCUT2D eigenvalue weighted by molar-refractivity contribution is -0.108. The average Bonchev–Trinajstić information content (AvgIpc) is 1.83. The maximum atomic E-state index is 9.93.